The van der Waals surface area contributed by atoms with Gasteiger partial charge < -0.3 is 17.1 Å². The standard InChI is InChI=1S/CH2O3.Au.Cs.H2O.H/c2-1(3)4;;;;/h(H2,2,3,4);;;1H2;/q;;+1;;-1. The topological polar surface area (TPSA) is 89.0 Å². The van der Waals surface area contributed by atoms with Crippen molar-refractivity contribution in [3.63, 3.8) is 0 Å². The first-order chi connectivity index (χ1) is 1.73. The van der Waals surface area contributed by atoms with Gasteiger partial charge in [-0.25, -0.2) is 4.79 Å². The summed E-state index contributed by atoms with van der Waals surface area (Å²) >= 11 is 0. The van der Waals surface area contributed by atoms with Crippen LogP contribution < -0.4 is 68.9 Å². The zero-order chi connectivity index (χ0) is 3.58. The van der Waals surface area contributed by atoms with Gasteiger partial charge in [0.05, 0.1) is 0 Å². The Hall–Kier alpha value is 2.02. The monoisotopic (exact) mass is 411 g/mol. The van der Waals surface area contributed by atoms with Crippen molar-refractivity contribution in [3.8, 4) is 0 Å². The molecular formula is CH5AuCsO4. The van der Waals surface area contributed by atoms with E-state index < -0.39 is 6.16 Å². The second-order valence-corrected chi connectivity index (χ2v) is 0.283. The molecule has 0 aliphatic rings. The van der Waals surface area contributed by atoms with Crippen molar-refractivity contribution < 1.29 is 113 Å². The predicted molar refractivity (Wildman–Crippen MR) is 15.4 cm³/mol. The first kappa shape index (κ1) is 23.0. The molecule has 45 valence electrons. The summed E-state index contributed by atoms with van der Waals surface area (Å²) in [6.45, 7) is 0. The Morgan fingerprint density at radius 3 is 1.43 bits per heavy atom. The minimum Gasteiger partial charge on any atom is -1.00 e. The molecule has 0 heterocycles. The Kier molecular flexibility index (Phi) is 51.6. The van der Waals surface area contributed by atoms with E-state index in [1.165, 1.54) is 0 Å². The zero-order valence-electron chi connectivity index (χ0n) is 4.60. The third-order valence-corrected chi connectivity index (χ3v) is 0. The van der Waals surface area contributed by atoms with Crippen molar-refractivity contribution in [1.82, 2.24) is 0 Å². The van der Waals surface area contributed by atoms with Gasteiger partial charge in [0.15, 0.2) is 0 Å². The van der Waals surface area contributed by atoms with E-state index in [2.05, 4.69) is 0 Å². The van der Waals surface area contributed by atoms with E-state index in [4.69, 9.17) is 15.0 Å². The second kappa shape index (κ2) is 15.7. The van der Waals surface area contributed by atoms with Crippen LogP contribution in [0.4, 0.5) is 4.79 Å². The van der Waals surface area contributed by atoms with Gasteiger partial charge in [-0.2, -0.15) is 0 Å². The average Bonchev–Trinajstić information content (AvgIpc) is 0.811. The molecule has 0 rings (SSSR count). The van der Waals surface area contributed by atoms with E-state index >= 15 is 0 Å². The molecule has 4 N–H and O–H groups in total. The smallest absolute Gasteiger partial charge is 1.00 e. The molecule has 0 aliphatic carbocycles. The number of carboxylic acid groups (broad SMARTS) is 2. The Labute approximate surface area is 116 Å². The van der Waals surface area contributed by atoms with E-state index in [0.29, 0.717) is 0 Å². The van der Waals surface area contributed by atoms with Crippen LogP contribution in [-0.4, -0.2) is 21.8 Å². The van der Waals surface area contributed by atoms with Gasteiger partial charge in [0.2, 0.25) is 0 Å². The van der Waals surface area contributed by atoms with Gasteiger partial charge in [-0.05, 0) is 0 Å². The van der Waals surface area contributed by atoms with E-state index in [1.54, 1.807) is 0 Å². The first-order valence-electron chi connectivity index (χ1n) is 0.651. The Morgan fingerprint density at radius 1 is 1.43 bits per heavy atom. The number of hydrogen-bond acceptors (Lipinski definition) is 1. The van der Waals surface area contributed by atoms with E-state index in [9.17, 15) is 0 Å². The summed E-state index contributed by atoms with van der Waals surface area (Å²) in [6, 6.07) is 0. The van der Waals surface area contributed by atoms with Gasteiger partial charge in [-0.15, -0.1) is 0 Å². The molecule has 4 nitrogen and oxygen atoms in total. The fraction of sp³-hybridized carbons (Fsp3) is 0. The van der Waals surface area contributed by atoms with Crippen LogP contribution in [0.5, 0.6) is 0 Å². The maximum Gasteiger partial charge on any atom is 1.00 e. The normalized spacial score (nSPS) is 3.43. The quantitative estimate of drug-likeness (QED) is 0.406. The predicted octanol–water partition coefficient (Wildman–Crippen LogP) is -3.49. The largest absolute Gasteiger partial charge is 1.00 e. The molecule has 0 saturated carbocycles. The van der Waals surface area contributed by atoms with Crippen LogP contribution >= 0.6 is 0 Å². The fourth-order valence-electron chi connectivity index (χ4n) is 0. The maximum atomic E-state index is 8.56. The van der Waals surface area contributed by atoms with Gasteiger partial charge in [0.25, 0.3) is 0 Å². The molecule has 0 aliphatic heterocycles. The molecular weight excluding hydrogens is 406 g/mol. The van der Waals surface area contributed by atoms with E-state index in [-0.39, 0.29) is 98.2 Å². The van der Waals surface area contributed by atoms with Crippen LogP contribution in [0.1, 0.15) is 1.43 Å². The minimum absolute atomic E-state index is 0. The summed E-state index contributed by atoms with van der Waals surface area (Å²) in [7, 11) is 0. The number of hydrogen-bond donors (Lipinski definition) is 2. The molecule has 7 heavy (non-hydrogen) atoms. The Morgan fingerprint density at radius 2 is 1.43 bits per heavy atom. The second-order valence-electron chi connectivity index (χ2n) is 0.283. The number of carbonyl (C=O) groups is 1. The average molecular weight is 411 g/mol. The molecule has 6 heteroatoms. The molecule has 0 fully saturated rings. The van der Waals surface area contributed by atoms with Crippen LogP contribution in [-0.2, 0) is 22.4 Å². The van der Waals surface area contributed by atoms with Gasteiger partial charge in [0.1, 0.15) is 0 Å². The number of rotatable bonds is 0. The van der Waals surface area contributed by atoms with E-state index in [1.807, 2.05) is 0 Å². The van der Waals surface area contributed by atoms with Crippen molar-refractivity contribution in [1.29, 1.82) is 0 Å². The van der Waals surface area contributed by atoms with Crippen LogP contribution in [0.3, 0.4) is 0 Å². The van der Waals surface area contributed by atoms with Crippen LogP contribution in [0, 0.1) is 0 Å². The van der Waals surface area contributed by atoms with Crippen molar-refractivity contribution in [3.05, 3.63) is 0 Å². The Balaban J connectivity index is -0.00000000750. The van der Waals surface area contributed by atoms with Crippen LogP contribution in [0.2, 0.25) is 0 Å². The van der Waals surface area contributed by atoms with Gasteiger partial charge in [-0.3, -0.25) is 0 Å². The molecule has 0 aromatic rings. The molecule has 0 bridgehead atoms. The third kappa shape index (κ3) is 71.1. The van der Waals surface area contributed by atoms with E-state index in [0.717, 1.165) is 0 Å². The SMILES string of the molecule is O.O=C(O)O.[Au].[Cs+].[H-]. The first-order valence-corrected chi connectivity index (χ1v) is 0.651. The van der Waals surface area contributed by atoms with Crippen molar-refractivity contribution in [2.75, 3.05) is 0 Å². The van der Waals surface area contributed by atoms with Crippen molar-refractivity contribution in [2.45, 2.75) is 0 Å². The summed E-state index contributed by atoms with van der Waals surface area (Å²) in [5.74, 6) is 0. The molecule has 0 saturated heterocycles. The van der Waals surface area contributed by atoms with Crippen LogP contribution in [0.25, 0.3) is 0 Å². The van der Waals surface area contributed by atoms with Gasteiger partial charge in [-0.1, -0.05) is 0 Å². The summed E-state index contributed by atoms with van der Waals surface area (Å²) in [5, 5.41) is 13.9. The molecule has 0 amide bonds. The van der Waals surface area contributed by atoms with Crippen molar-refractivity contribution >= 4 is 6.16 Å². The van der Waals surface area contributed by atoms with Crippen molar-refractivity contribution in [2.24, 2.45) is 0 Å². The maximum absolute atomic E-state index is 8.56. The van der Waals surface area contributed by atoms with Crippen LogP contribution in [0.15, 0.2) is 0 Å². The fourth-order valence-corrected chi connectivity index (χ4v) is 0. The summed E-state index contributed by atoms with van der Waals surface area (Å²) in [6.07, 6.45) is -1.83. The molecule has 0 atom stereocenters. The zero-order valence-corrected chi connectivity index (χ0v) is 12.1. The summed E-state index contributed by atoms with van der Waals surface area (Å²) in [4.78, 5) is 8.56. The minimum atomic E-state index is -1.83. The molecule has 0 aromatic carbocycles. The molecule has 0 spiro atoms. The summed E-state index contributed by atoms with van der Waals surface area (Å²) in [5.41, 5.74) is 0. The molecule has 0 aromatic heterocycles. The Bertz CT molecular complexity index is 39.0. The molecule has 1 radical (unpaired) electrons. The molecule has 0 unspecified atom stereocenters. The summed E-state index contributed by atoms with van der Waals surface area (Å²) < 4.78 is 0. The third-order valence-electron chi connectivity index (χ3n) is 0. The van der Waals surface area contributed by atoms with Gasteiger partial charge in [0, 0.05) is 22.4 Å². The van der Waals surface area contributed by atoms with Gasteiger partial charge >= 0.3 is 75.0 Å².